The lowest BCUT2D eigenvalue weighted by Gasteiger charge is -2.12. The van der Waals surface area contributed by atoms with Gasteiger partial charge in [-0.15, -0.1) is 0 Å². The number of rotatable bonds is 18. The maximum atomic E-state index is 12.1. The van der Waals surface area contributed by atoms with Crippen molar-refractivity contribution in [1.29, 1.82) is 0 Å². The number of methoxy groups -OCH3 is 6. The van der Waals surface area contributed by atoms with Gasteiger partial charge in [0.2, 0.25) is 23.3 Å². The highest BCUT2D eigenvalue weighted by Gasteiger charge is 2.13. The zero-order chi connectivity index (χ0) is 30.0. The second kappa shape index (κ2) is 18.0. The molecule has 2 rings (SSSR count). The van der Waals surface area contributed by atoms with Gasteiger partial charge in [0.15, 0.2) is 23.0 Å². The fourth-order valence-electron chi connectivity index (χ4n) is 3.92. The first-order valence-corrected chi connectivity index (χ1v) is 13.1. The van der Waals surface area contributed by atoms with Crippen molar-refractivity contribution in [3.8, 4) is 34.5 Å². The maximum Gasteiger partial charge on any atom is 0.240 e. The van der Waals surface area contributed by atoms with Gasteiger partial charge in [-0.1, -0.05) is 19.3 Å². The lowest BCUT2D eigenvalue weighted by Crippen LogP contribution is -2.17. The molecule has 0 aliphatic rings. The largest absolute Gasteiger partial charge is 0.493 e. The molecule has 0 radical (unpaired) electrons. The molecule has 2 N–H and O–H groups in total. The number of hydrogen-bond acceptors (Lipinski definition) is 10. The Morgan fingerprint density at radius 3 is 1.17 bits per heavy atom. The molecule has 0 saturated heterocycles. The summed E-state index contributed by atoms with van der Waals surface area (Å²) in [5, 5.41) is 8.03. The predicted octanol–water partition coefficient (Wildman–Crippen LogP) is 4.07. The quantitative estimate of drug-likeness (QED) is 0.155. The summed E-state index contributed by atoms with van der Waals surface area (Å²) >= 11 is 0. The van der Waals surface area contributed by atoms with E-state index in [9.17, 15) is 9.59 Å². The van der Waals surface area contributed by atoms with Gasteiger partial charge in [0.1, 0.15) is 0 Å². The molecule has 2 amide bonds. The highest BCUT2D eigenvalue weighted by atomic mass is 16.5. The van der Waals surface area contributed by atoms with Crippen LogP contribution in [0.3, 0.4) is 0 Å². The van der Waals surface area contributed by atoms with E-state index < -0.39 is 0 Å². The molecule has 0 bridgehead atoms. The van der Waals surface area contributed by atoms with E-state index in [-0.39, 0.29) is 11.8 Å². The number of ether oxygens (including phenoxy) is 6. The molecule has 0 aromatic heterocycles. The predicted molar refractivity (Wildman–Crippen MR) is 156 cm³/mol. The highest BCUT2D eigenvalue weighted by Crippen LogP contribution is 2.38. The molecule has 0 aliphatic carbocycles. The Bertz CT molecular complexity index is 1060. The number of nitrogens with zero attached hydrogens (tertiary/aromatic N) is 2. The monoisotopic (exact) mass is 572 g/mol. The first kappa shape index (κ1) is 32.7. The second-order valence-electron chi connectivity index (χ2n) is 8.77. The molecule has 2 aromatic rings. The van der Waals surface area contributed by atoms with Crippen molar-refractivity contribution in [2.75, 3.05) is 42.7 Å². The van der Waals surface area contributed by atoms with Crippen molar-refractivity contribution in [1.82, 2.24) is 10.9 Å². The minimum absolute atomic E-state index is 0.168. The zero-order valence-corrected chi connectivity index (χ0v) is 24.6. The SMILES string of the molecule is COc1cc(/C=N\NC(=O)CCCCCCCC(=O)N/N=C\c2cc(OC)c(OC)c(OC)c2)cc(OC)c1OC. The first-order chi connectivity index (χ1) is 19.9. The number of hydrazone groups is 2. The van der Waals surface area contributed by atoms with E-state index in [0.29, 0.717) is 58.5 Å². The smallest absolute Gasteiger partial charge is 0.240 e. The summed E-state index contributed by atoms with van der Waals surface area (Å²) in [6.45, 7) is 0. The Labute approximate surface area is 241 Å². The summed E-state index contributed by atoms with van der Waals surface area (Å²) in [5.74, 6) is 2.63. The molecule has 2 aromatic carbocycles. The number of carbonyl (C=O) groups is 2. The summed E-state index contributed by atoms with van der Waals surface area (Å²) in [6.07, 6.45) is 7.91. The van der Waals surface area contributed by atoms with Crippen LogP contribution in [0.4, 0.5) is 0 Å². The highest BCUT2D eigenvalue weighted by molar-refractivity contribution is 5.85. The fourth-order valence-corrected chi connectivity index (χ4v) is 3.92. The number of nitrogens with one attached hydrogen (secondary N) is 2. The van der Waals surface area contributed by atoms with Gasteiger partial charge in [-0.3, -0.25) is 9.59 Å². The lowest BCUT2D eigenvalue weighted by atomic mass is 10.1. The number of unbranched alkanes of at least 4 members (excludes halogenated alkanes) is 4. The third-order valence-corrected chi connectivity index (χ3v) is 5.99. The Morgan fingerprint density at radius 1 is 0.561 bits per heavy atom. The summed E-state index contributed by atoms with van der Waals surface area (Å²) in [6, 6.07) is 6.94. The van der Waals surface area contributed by atoms with Crippen LogP contribution in [0.5, 0.6) is 34.5 Å². The Hall–Kier alpha value is -4.48. The van der Waals surface area contributed by atoms with Crippen LogP contribution in [-0.2, 0) is 9.59 Å². The molecular weight excluding hydrogens is 532 g/mol. The van der Waals surface area contributed by atoms with Crippen molar-refractivity contribution in [2.24, 2.45) is 10.2 Å². The average molecular weight is 573 g/mol. The van der Waals surface area contributed by atoms with E-state index in [1.807, 2.05) is 0 Å². The van der Waals surface area contributed by atoms with Gasteiger partial charge >= 0.3 is 0 Å². The third-order valence-electron chi connectivity index (χ3n) is 5.99. The van der Waals surface area contributed by atoms with Gasteiger partial charge in [0.25, 0.3) is 0 Å². The van der Waals surface area contributed by atoms with E-state index in [1.165, 1.54) is 55.1 Å². The molecule has 0 heterocycles. The molecule has 0 aliphatic heterocycles. The van der Waals surface area contributed by atoms with Crippen LogP contribution in [0, 0.1) is 0 Å². The van der Waals surface area contributed by atoms with Crippen molar-refractivity contribution >= 4 is 24.2 Å². The molecule has 224 valence electrons. The number of amides is 2. The van der Waals surface area contributed by atoms with E-state index in [4.69, 9.17) is 28.4 Å². The molecular formula is C29H40N4O8. The van der Waals surface area contributed by atoms with Crippen molar-refractivity contribution < 1.29 is 38.0 Å². The molecule has 12 nitrogen and oxygen atoms in total. The number of benzene rings is 2. The number of hydrogen-bond donors (Lipinski definition) is 2. The normalized spacial score (nSPS) is 10.9. The first-order valence-electron chi connectivity index (χ1n) is 13.1. The van der Waals surface area contributed by atoms with E-state index in [0.717, 1.165) is 32.1 Å². The van der Waals surface area contributed by atoms with Crippen LogP contribution in [0.1, 0.15) is 56.1 Å². The van der Waals surface area contributed by atoms with E-state index >= 15 is 0 Å². The third kappa shape index (κ3) is 10.5. The maximum absolute atomic E-state index is 12.1. The van der Waals surface area contributed by atoms with E-state index in [2.05, 4.69) is 21.1 Å². The van der Waals surface area contributed by atoms with Crippen molar-refractivity contribution in [3.63, 3.8) is 0 Å². The van der Waals surface area contributed by atoms with E-state index in [1.54, 1.807) is 24.3 Å². The topological polar surface area (TPSA) is 138 Å². The van der Waals surface area contributed by atoms with Crippen LogP contribution in [0.15, 0.2) is 34.5 Å². The van der Waals surface area contributed by atoms with Gasteiger partial charge in [0.05, 0.1) is 55.1 Å². The van der Waals surface area contributed by atoms with Gasteiger partial charge in [-0.25, -0.2) is 10.9 Å². The zero-order valence-electron chi connectivity index (χ0n) is 24.6. The van der Waals surface area contributed by atoms with Crippen LogP contribution in [0.25, 0.3) is 0 Å². The lowest BCUT2D eigenvalue weighted by molar-refractivity contribution is -0.121. The molecule has 0 spiro atoms. The Kier molecular flexibility index (Phi) is 14.4. The van der Waals surface area contributed by atoms with Crippen LogP contribution in [-0.4, -0.2) is 66.9 Å². The molecule has 0 fully saturated rings. The minimum atomic E-state index is -0.168. The van der Waals surface area contributed by atoms with Crippen LogP contribution < -0.4 is 39.3 Å². The average Bonchev–Trinajstić information content (AvgIpc) is 2.99. The van der Waals surface area contributed by atoms with Crippen molar-refractivity contribution in [2.45, 2.75) is 44.9 Å². The fraction of sp³-hybridized carbons (Fsp3) is 0.448. The summed E-state index contributed by atoms with van der Waals surface area (Å²) in [4.78, 5) is 24.2. The second-order valence-corrected chi connectivity index (χ2v) is 8.77. The van der Waals surface area contributed by atoms with Crippen LogP contribution in [0.2, 0.25) is 0 Å². The van der Waals surface area contributed by atoms with Crippen LogP contribution >= 0.6 is 0 Å². The molecule has 41 heavy (non-hydrogen) atoms. The van der Waals surface area contributed by atoms with Gasteiger partial charge < -0.3 is 28.4 Å². The molecule has 0 saturated carbocycles. The Balaban J connectivity index is 1.63. The summed E-state index contributed by atoms with van der Waals surface area (Å²) in [7, 11) is 9.19. The summed E-state index contributed by atoms with van der Waals surface area (Å²) in [5.41, 5.74) is 6.45. The standard InChI is InChI=1S/C29H40N4O8/c1-36-22-14-20(15-23(37-2)28(22)40-5)18-30-32-26(34)12-10-8-7-9-11-13-27(35)33-31-19-21-16-24(38-3)29(41-6)25(17-21)39-4/h14-19H,7-13H2,1-6H3,(H,32,34)(H,33,35)/b30-18-,31-19-. The molecule has 0 atom stereocenters. The van der Waals surface area contributed by atoms with Crippen molar-refractivity contribution in [3.05, 3.63) is 35.4 Å². The van der Waals surface area contributed by atoms with Gasteiger partial charge in [-0.2, -0.15) is 10.2 Å². The summed E-state index contributed by atoms with van der Waals surface area (Å²) < 4.78 is 31.9. The van der Waals surface area contributed by atoms with Gasteiger partial charge in [0, 0.05) is 24.0 Å². The molecule has 0 unspecified atom stereocenters. The molecule has 12 heteroatoms. The minimum Gasteiger partial charge on any atom is -0.493 e. The van der Waals surface area contributed by atoms with Gasteiger partial charge in [-0.05, 0) is 37.1 Å². The number of carbonyl (C=O) groups excluding carboxylic acids is 2. The Morgan fingerprint density at radius 2 is 0.878 bits per heavy atom.